The van der Waals surface area contributed by atoms with Gasteiger partial charge in [0.25, 0.3) is 0 Å². The summed E-state index contributed by atoms with van der Waals surface area (Å²) in [5.74, 6) is 0.239. The number of aliphatic imine (C=N–C) groups is 1. The summed E-state index contributed by atoms with van der Waals surface area (Å²) in [7, 11) is 0. The molecule has 3 aromatic carbocycles. The van der Waals surface area contributed by atoms with Crippen LogP contribution in [-0.4, -0.2) is 17.4 Å². The molecule has 2 N–H and O–H groups in total. The van der Waals surface area contributed by atoms with Gasteiger partial charge in [-0.2, -0.15) is 0 Å². The van der Waals surface area contributed by atoms with Crippen LogP contribution in [0.2, 0.25) is 0 Å². The van der Waals surface area contributed by atoms with Gasteiger partial charge in [-0.15, -0.1) is 0 Å². The van der Waals surface area contributed by atoms with E-state index in [2.05, 4.69) is 5.32 Å². The number of benzene rings is 3. The molecule has 5 heteroatoms. The van der Waals surface area contributed by atoms with E-state index in [1.54, 1.807) is 24.3 Å². The first-order chi connectivity index (χ1) is 14.6. The quantitative estimate of drug-likeness (QED) is 0.594. The maximum absolute atomic E-state index is 14.6. The van der Waals surface area contributed by atoms with E-state index in [1.807, 2.05) is 50.2 Å². The Labute approximate surface area is 176 Å². The van der Waals surface area contributed by atoms with Crippen LogP contribution < -0.4 is 10.1 Å². The van der Waals surface area contributed by atoms with Crippen LogP contribution in [0, 0.1) is 12.7 Å². The minimum absolute atomic E-state index is 0.106. The number of hydrogen-bond acceptors (Lipinski definition) is 4. The fraction of sp³-hybridized carbons (Fsp3) is 0.240. The van der Waals surface area contributed by atoms with Crippen molar-refractivity contribution in [1.82, 2.24) is 5.32 Å². The van der Waals surface area contributed by atoms with Crippen molar-refractivity contribution in [3.8, 4) is 11.5 Å². The minimum atomic E-state index is -0.559. The van der Waals surface area contributed by atoms with Crippen molar-refractivity contribution in [2.45, 2.75) is 32.5 Å². The Kier molecular flexibility index (Phi) is 5.81. The Morgan fingerprint density at radius 1 is 1.03 bits per heavy atom. The minimum Gasteiger partial charge on any atom is -0.504 e. The molecule has 0 amide bonds. The van der Waals surface area contributed by atoms with Gasteiger partial charge in [0.1, 0.15) is 12.0 Å². The molecule has 0 radical (unpaired) electrons. The fourth-order valence-electron chi connectivity index (χ4n) is 3.78. The number of hydrogen-bond donors (Lipinski definition) is 2. The van der Waals surface area contributed by atoms with Crippen molar-refractivity contribution < 1.29 is 14.2 Å². The summed E-state index contributed by atoms with van der Waals surface area (Å²) >= 11 is 0. The molecule has 1 heterocycles. The summed E-state index contributed by atoms with van der Waals surface area (Å²) in [5, 5.41) is 14.2. The number of rotatable bonds is 5. The van der Waals surface area contributed by atoms with Crippen molar-refractivity contribution in [2.75, 3.05) is 6.61 Å². The molecule has 0 spiro atoms. The molecule has 0 unspecified atom stereocenters. The second kappa shape index (κ2) is 8.67. The molecule has 0 bridgehead atoms. The average molecular weight is 404 g/mol. The van der Waals surface area contributed by atoms with Crippen LogP contribution in [0.15, 0.2) is 71.7 Å². The van der Waals surface area contributed by atoms with E-state index in [-0.39, 0.29) is 17.6 Å². The van der Waals surface area contributed by atoms with Gasteiger partial charge in [-0.25, -0.2) is 4.39 Å². The highest BCUT2D eigenvalue weighted by Crippen LogP contribution is 2.39. The number of nitrogens with one attached hydrogen (secondary N) is 1. The number of para-hydroxylation sites is 1. The molecule has 4 rings (SSSR count). The van der Waals surface area contributed by atoms with E-state index in [0.717, 1.165) is 16.8 Å². The molecule has 154 valence electrons. The molecule has 0 aromatic heterocycles. The van der Waals surface area contributed by atoms with E-state index in [9.17, 15) is 9.50 Å². The SMILES string of the molecule is CCOc1cccc([C@@H]2CC(c3ccc(C)cc3)=N[C@H](c3ccccc3F)N2)c1O. The lowest BCUT2D eigenvalue weighted by molar-refractivity contribution is 0.313. The first-order valence-electron chi connectivity index (χ1n) is 10.2. The zero-order valence-corrected chi connectivity index (χ0v) is 17.1. The monoisotopic (exact) mass is 404 g/mol. The molecule has 0 fully saturated rings. The summed E-state index contributed by atoms with van der Waals surface area (Å²) in [6, 6.07) is 20.0. The first kappa shape index (κ1) is 20.1. The summed E-state index contributed by atoms with van der Waals surface area (Å²) in [6.07, 6.45) is 0.00773. The molecule has 4 nitrogen and oxygen atoms in total. The number of ether oxygens (including phenoxy) is 1. The summed E-state index contributed by atoms with van der Waals surface area (Å²) in [6.45, 7) is 4.38. The molecule has 2 atom stereocenters. The summed E-state index contributed by atoms with van der Waals surface area (Å²) < 4.78 is 20.1. The number of phenols is 1. The van der Waals surface area contributed by atoms with Crippen LogP contribution >= 0.6 is 0 Å². The summed E-state index contributed by atoms with van der Waals surface area (Å²) in [5.41, 5.74) is 4.22. The van der Waals surface area contributed by atoms with Crippen LogP contribution in [0.5, 0.6) is 11.5 Å². The maximum Gasteiger partial charge on any atom is 0.162 e. The molecule has 30 heavy (non-hydrogen) atoms. The van der Waals surface area contributed by atoms with Crippen molar-refractivity contribution in [1.29, 1.82) is 0 Å². The van der Waals surface area contributed by atoms with Gasteiger partial charge in [0.2, 0.25) is 0 Å². The second-order valence-electron chi connectivity index (χ2n) is 7.42. The molecule has 0 aliphatic carbocycles. The Morgan fingerprint density at radius 3 is 2.50 bits per heavy atom. The smallest absolute Gasteiger partial charge is 0.162 e. The Hall–Kier alpha value is -3.18. The van der Waals surface area contributed by atoms with Gasteiger partial charge in [-0.1, -0.05) is 60.2 Å². The molecular formula is C25H25FN2O2. The lowest BCUT2D eigenvalue weighted by Gasteiger charge is -2.31. The number of nitrogens with zero attached hydrogens (tertiary/aromatic N) is 1. The fourth-order valence-corrected chi connectivity index (χ4v) is 3.78. The van der Waals surface area contributed by atoms with Crippen LogP contribution in [-0.2, 0) is 0 Å². The van der Waals surface area contributed by atoms with E-state index < -0.39 is 6.17 Å². The topological polar surface area (TPSA) is 53.8 Å². The highest BCUT2D eigenvalue weighted by molar-refractivity contribution is 6.01. The van der Waals surface area contributed by atoms with Crippen LogP contribution in [0.4, 0.5) is 4.39 Å². The third-order valence-corrected chi connectivity index (χ3v) is 5.33. The Balaban J connectivity index is 1.77. The molecular weight excluding hydrogens is 379 g/mol. The van der Waals surface area contributed by atoms with Gasteiger partial charge in [0.05, 0.1) is 6.61 Å². The molecule has 0 saturated carbocycles. The van der Waals surface area contributed by atoms with Gasteiger partial charge in [0.15, 0.2) is 11.5 Å². The normalized spacial score (nSPS) is 18.7. The van der Waals surface area contributed by atoms with Crippen LogP contribution in [0.1, 0.15) is 47.8 Å². The number of phenolic OH excluding ortho intramolecular Hbond substituents is 1. The van der Waals surface area contributed by atoms with Crippen LogP contribution in [0.3, 0.4) is 0 Å². The van der Waals surface area contributed by atoms with Gasteiger partial charge >= 0.3 is 0 Å². The molecule has 0 saturated heterocycles. The zero-order chi connectivity index (χ0) is 21.1. The van der Waals surface area contributed by atoms with Gasteiger partial charge in [0, 0.05) is 29.3 Å². The zero-order valence-electron chi connectivity index (χ0n) is 17.1. The van der Waals surface area contributed by atoms with Gasteiger partial charge < -0.3 is 9.84 Å². The van der Waals surface area contributed by atoms with E-state index in [1.165, 1.54) is 6.07 Å². The predicted octanol–water partition coefficient (Wildman–Crippen LogP) is 5.46. The number of aromatic hydroxyl groups is 1. The van der Waals surface area contributed by atoms with Crippen molar-refractivity contribution in [3.05, 3.63) is 94.8 Å². The van der Waals surface area contributed by atoms with E-state index >= 15 is 0 Å². The number of aryl methyl sites for hydroxylation is 1. The lowest BCUT2D eigenvalue weighted by atomic mass is 9.93. The summed E-state index contributed by atoms with van der Waals surface area (Å²) in [4.78, 5) is 4.83. The first-order valence-corrected chi connectivity index (χ1v) is 10.2. The molecule has 1 aliphatic heterocycles. The standard InChI is InChI=1S/C25H25FN2O2/c1-3-30-23-10-6-8-19(24(23)29)22-15-21(17-13-11-16(2)12-14-17)27-25(28-22)18-7-4-5-9-20(18)26/h4-14,22,25,28-29H,3,15H2,1-2H3/t22-,25-/m0/s1. The van der Waals surface area contributed by atoms with Crippen molar-refractivity contribution in [2.24, 2.45) is 4.99 Å². The highest BCUT2D eigenvalue weighted by Gasteiger charge is 2.29. The van der Waals surface area contributed by atoms with Crippen molar-refractivity contribution >= 4 is 5.71 Å². The largest absolute Gasteiger partial charge is 0.504 e. The Morgan fingerprint density at radius 2 is 1.77 bits per heavy atom. The lowest BCUT2D eigenvalue weighted by Crippen LogP contribution is -2.33. The maximum atomic E-state index is 14.6. The molecule has 3 aromatic rings. The van der Waals surface area contributed by atoms with Crippen molar-refractivity contribution in [3.63, 3.8) is 0 Å². The molecule has 1 aliphatic rings. The van der Waals surface area contributed by atoms with Gasteiger partial charge in [-0.3, -0.25) is 10.3 Å². The van der Waals surface area contributed by atoms with Crippen LogP contribution in [0.25, 0.3) is 0 Å². The third-order valence-electron chi connectivity index (χ3n) is 5.33. The van der Waals surface area contributed by atoms with E-state index in [4.69, 9.17) is 9.73 Å². The average Bonchev–Trinajstić information content (AvgIpc) is 2.76. The number of halogens is 1. The Bertz CT molecular complexity index is 1060. The third kappa shape index (κ3) is 4.07. The predicted molar refractivity (Wildman–Crippen MR) is 117 cm³/mol. The van der Waals surface area contributed by atoms with E-state index in [0.29, 0.717) is 29.9 Å². The second-order valence-corrected chi connectivity index (χ2v) is 7.42. The highest BCUT2D eigenvalue weighted by atomic mass is 19.1. The van der Waals surface area contributed by atoms with Gasteiger partial charge in [-0.05, 0) is 31.5 Å².